The van der Waals surface area contributed by atoms with Crippen LogP contribution in [0.15, 0.2) is 60.9 Å². The molecule has 2 N–H and O–H groups in total. The van der Waals surface area contributed by atoms with Crippen LogP contribution in [0.3, 0.4) is 0 Å². The first-order chi connectivity index (χ1) is 14.9. The lowest BCUT2D eigenvalue weighted by atomic mass is 10.2. The molecule has 2 aromatic carbocycles. The summed E-state index contributed by atoms with van der Waals surface area (Å²) >= 11 is 5.71. The number of hydrogen-bond donors (Lipinski definition) is 2. The van der Waals surface area contributed by atoms with Crippen molar-refractivity contribution in [1.82, 2.24) is 15.0 Å². The Morgan fingerprint density at radius 2 is 2.03 bits per heavy atom. The molecule has 0 aliphatic rings. The fourth-order valence-electron chi connectivity index (χ4n) is 2.88. The molecule has 1 unspecified atom stereocenters. The van der Waals surface area contributed by atoms with Crippen LogP contribution < -0.4 is 5.32 Å². The summed E-state index contributed by atoms with van der Waals surface area (Å²) in [6.07, 6.45) is 2.27. The molecule has 0 radical (unpaired) electrons. The molecule has 156 valence electrons. The number of imidazole rings is 1. The second-order valence-electron chi connectivity index (χ2n) is 6.72. The van der Waals surface area contributed by atoms with E-state index in [0.717, 1.165) is 11.6 Å². The van der Waals surface area contributed by atoms with E-state index in [0.29, 0.717) is 22.5 Å². The van der Waals surface area contributed by atoms with Gasteiger partial charge in [0.05, 0.1) is 21.6 Å². The highest BCUT2D eigenvalue weighted by molar-refractivity contribution is 6.31. The molecule has 2 aromatic heterocycles. The Morgan fingerprint density at radius 3 is 2.77 bits per heavy atom. The molecule has 0 fully saturated rings. The number of fused-ring (bicyclic) bond motifs is 1. The molecule has 4 rings (SSSR count). The third kappa shape index (κ3) is 4.54. The van der Waals surface area contributed by atoms with E-state index in [1.54, 1.807) is 36.7 Å². The molecule has 7 nitrogen and oxygen atoms in total. The molecule has 0 saturated heterocycles. The van der Waals surface area contributed by atoms with Crippen molar-refractivity contribution in [2.24, 2.45) is 0 Å². The van der Waals surface area contributed by atoms with Crippen LogP contribution in [0.1, 0.15) is 17.3 Å². The minimum Gasteiger partial charge on any atom is -0.449 e. The molecule has 1 amide bonds. The zero-order chi connectivity index (χ0) is 22.0. The number of hydrogen-bond acceptors (Lipinski definition) is 5. The number of aromatic amines is 1. The Labute approximate surface area is 181 Å². The Balaban J connectivity index is 1.45. The zero-order valence-corrected chi connectivity index (χ0v) is 17.0. The molecule has 0 saturated carbocycles. The van der Waals surface area contributed by atoms with Crippen molar-refractivity contribution >= 4 is 40.2 Å². The second-order valence-corrected chi connectivity index (χ2v) is 7.13. The predicted molar refractivity (Wildman–Crippen MR) is 114 cm³/mol. The fraction of sp³-hybridized carbons (Fsp3) is 0.0909. The highest BCUT2D eigenvalue weighted by atomic mass is 35.5. The number of esters is 1. The van der Waals surface area contributed by atoms with Gasteiger partial charge >= 0.3 is 5.97 Å². The van der Waals surface area contributed by atoms with Gasteiger partial charge in [-0.15, -0.1) is 0 Å². The number of rotatable bonds is 5. The molecule has 1 atom stereocenters. The first-order valence-corrected chi connectivity index (χ1v) is 9.65. The van der Waals surface area contributed by atoms with Gasteiger partial charge in [0.1, 0.15) is 11.6 Å². The number of halogens is 2. The van der Waals surface area contributed by atoms with Crippen LogP contribution >= 0.6 is 11.6 Å². The molecular weight excluding hydrogens is 423 g/mol. The van der Waals surface area contributed by atoms with Gasteiger partial charge < -0.3 is 15.0 Å². The van der Waals surface area contributed by atoms with E-state index in [-0.39, 0.29) is 10.6 Å². The average Bonchev–Trinajstić information content (AvgIpc) is 3.20. The number of ether oxygens (including phenoxy) is 1. The number of carbonyl (C=O) groups is 2. The molecular formula is C22H16ClFN4O3. The summed E-state index contributed by atoms with van der Waals surface area (Å²) in [5.41, 5.74) is 2.69. The number of nitrogens with zero attached hydrogens (tertiary/aromatic N) is 2. The number of amides is 1. The smallest absolute Gasteiger partial charge is 0.338 e. The molecule has 31 heavy (non-hydrogen) atoms. The van der Waals surface area contributed by atoms with Crippen LogP contribution in [0, 0.1) is 5.82 Å². The van der Waals surface area contributed by atoms with Crippen molar-refractivity contribution in [2.45, 2.75) is 13.0 Å². The fourth-order valence-corrected chi connectivity index (χ4v) is 3.06. The normalized spacial score (nSPS) is 11.8. The maximum atomic E-state index is 13.2. The van der Waals surface area contributed by atoms with Crippen LogP contribution in [0.25, 0.3) is 22.4 Å². The van der Waals surface area contributed by atoms with Crippen molar-refractivity contribution in [3.63, 3.8) is 0 Å². The van der Waals surface area contributed by atoms with Crippen molar-refractivity contribution < 1.29 is 18.7 Å². The Hall–Kier alpha value is -3.78. The van der Waals surface area contributed by atoms with Crippen LogP contribution in [0.5, 0.6) is 0 Å². The van der Waals surface area contributed by atoms with E-state index in [1.807, 2.05) is 6.07 Å². The molecule has 0 aliphatic carbocycles. The predicted octanol–water partition coefficient (Wildman–Crippen LogP) is 4.60. The Morgan fingerprint density at radius 1 is 1.19 bits per heavy atom. The van der Waals surface area contributed by atoms with Crippen LogP contribution in [-0.4, -0.2) is 32.9 Å². The van der Waals surface area contributed by atoms with Crippen molar-refractivity contribution in [3.05, 3.63) is 77.3 Å². The van der Waals surface area contributed by atoms with E-state index < -0.39 is 23.8 Å². The van der Waals surface area contributed by atoms with Gasteiger partial charge in [-0.05, 0) is 55.5 Å². The molecule has 0 bridgehead atoms. The number of nitrogens with one attached hydrogen (secondary N) is 2. The number of anilines is 1. The first kappa shape index (κ1) is 20.5. The minimum atomic E-state index is -1.08. The zero-order valence-electron chi connectivity index (χ0n) is 16.2. The highest BCUT2D eigenvalue weighted by Crippen LogP contribution is 2.22. The van der Waals surface area contributed by atoms with Gasteiger partial charge in [0.2, 0.25) is 0 Å². The van der Waals surface area contributed by atoms with Gasteiger partial charge in [0.15, 0.2) is 6.10 Å². The largest absolute Gasteiger partial charge is 0.449 e. The first-order valence-electron chi connectivity index (χ1n) is 9.28. The summed E-state index contributed by atoms with van der Waals surface area (Å²) in [4.78, 5) is 36.5. The lowest BCUT2D eigenvalue weighted by Gasteiger charge is -2.14. The summed E-state index contributed by atoms with van der Waals surface area (Å²) < 4.78 is 18.5. The van der Waals surface area contributed by atoms with Crippen molar-refractivity contribution in [2.75, 3.05) is 5.32 Å². The Kier molecular flexibility index (Phi) is 5.64. The Bertz CT molecular complexity index is 1280. The van der Waals surface area contributed by atoms with Crippen LogP contribution in [-0.2, 0) is 9.53 Å². The SMILES string of the molecule is CC(OC(=O)c1ccc2nc(-c3cccnc3)[nH]c2c1)C(=O)Nc1ccc(F)c(Cl)c1. The van der Waals surface area contributed by atoms with Gasteiger partial charge in [-0.1, -0.05) is 11.6 Å². The summed E-state index contributed by atoms with van der Waals surface area (Å²) in [7, 11) is 0. The quantitative estimate of drug-likeness (QED) is 0.444. The maximum absolute atomic E-state index is 13.2. The van der Waals surface area contributed by atoms with Gasteiger partial charge in [-0.3, -0.25) is 9.78 Å². The monoisotopic (exact) mass is 438 g/mol. The molecule has 2 heterocycles. The molecule has 0 aliphatic heterocycles. The van der Waals surface area contributed by atoms with E-state index in [1.165, 1.54) is 19.1 Å². The van der Waals surface area contributed by atoms with Crippen molar-refractivity contribution in [1.29, 1.82) is 0 Å². The summed E-state index contributed by atoms with van der Waals surface area (Å²) in [5.74, 6) is -1.21. The third-order valence-electron chi connectivity index (χ3n) is 4.49. The van der Waals surface area contributed by atoms with E-state index in [9.17, 15) is 14.0 Å². The third-order valence-corrected chi connectivity index (χ3v) is 4.78. The molecule has 4 aromatic rings. The minimum absolute atomic E-state index is 0.124. The number of aromatic nitrogens is 3. The topological polar surface area (TPSA) is 97.0 Å². The molecule has 9 heteroatoms. The number of pyridine rings is 1. The van der Waals surface area contributed by atoms with E-state index in [4.69, 9.17) is 16.3 Å². The number of H-pyrrole nitrogens is 1. The van der Waals surface area contributed by atoms with Gasteiger partial charge in [0, 0.05) is 23.6 Å². The van der Waals surface area contributed by atoms with Gasteiger partial charge in [-0.2, -0.15) is 0 Å². The van der Waals surface area contributed by atoms with Crippen LogP contribution in [0.2, 0.25) is 5.02 Å². The number of carbonyl (C=O) groups excluding carboxylic acids is 2. The van der Waals surface area contributed by atoms with Gasteiger partial charge in [0.25, 0.3) is 5.91 Å². The van der Waals surface area contributed by atoms with E-state index >= 15 is 0 Å². The summed E-state index contributed by atoms with van der Waals surface area (Å²) in [6.45, 7) is 1.44. The standard InChI is InChI=1S/C22H16ClFN4O3/c1-12(21(29)26-15-5-6-17(24)16(23)10-15)31-22(30)13-4-7-18-19(9-13)28-20(27-18)14-3-2-8-25-11-14/h2-12H,1H3,(H,26,29)(H,27,28). The van der Waals surface area contributed by atoms with Crippen molar-refractivity contribution in [3.8, 4) is 11.4 Å². The van der Waals surface area contributed by atoms with Gasteiger partial charge in [-0.25, -0.2) is 14.2 Å². The van der Waals surface area contributed by atoms with Crippen LogP contribution in [0.4, 0.5) is 10.1 Å². The summed E-state index contributed by atoms with van der Waals surface area (Å²) in [6, 6.07) is 12.3. The lowest BCUT2D eigenvalue weighted by molar-refractivity contribution is -0.123. The lowest BCUT2D eigenvalue weighted by Crippen LogP contribution is -2.30. The summed E-state index contributed by atoms with van der Waals surface area (Å²) in [5, 5.41) is 2.40. The van der Waals surface area contributed by atoms with E-state index in [2.05, 4.69) is 20.3 Å². The highest BCUT2D eigenvalue weighted by Gasteiger charge is 2.20. The molecule has 0 spiro atoms. The second kappa shape index (κ2) is 8.53. The maximum Gasteiger partial charge on any atom is 0.338 e. The average molecular weight is 439 g/mol. The number of benzene rings is 2.